The number of carbonyl (C=O) groups is 1. The summed E-state index contributed by atoms with van der Waals surface area (Å²) in [7, 11) is 0. The van der Waals surface area contributed by atoms with Crippen LogP contribution in [0.25, 0.3) is 16.6 Å². The number of fused-ring (bicyclic) bond motifs is 2. The van der Waals surface area contributed by atoms with Gasteiger partial charge in [0.1, 0.15) is 5.82 Å². The van der Waals surface area contributed by atoms with Crippen LogP contribution in [0.3, 0.4) is 0 Å². The molecule has 5 rings (SSSR count). The molecule has 8 heteroatoms. The van der Waals surface area contributed by atoms with Crippen molar-refractivity contribution in [3.63, 3.8) is 0 Å². The molecule has 7 nitrogen and oxygen atoms in total. The number of halogens is 1. The van der Waals surface area contributed by atoms with Crippen LogP contribution >= 0.6 is 0 Å². The number of nitrogens with one attached hydrogen (secondary N) is 3. The van der Waals surface area contributed by atoms with Crippen LogP contribution in [-0.2, 0) is 0 Å². The Morgan fingerprint density at radius 2 is 1.83 bits per heavy atom. The van der Waals surface area contributed by atoms with E-state index in [1.807, 2.05) is 30.5 Å². The molecule has 0 saturated carbocycles. The summed E-state index contributed by atoms with van der Waals surface area (Å²) in [6.45, 7) is 0. The molecule has 0 spiro atoms. The molecule has 0 aliphatic heterocycles. The van der Waals surface area contributed by atoms with Crippen molar-refractivity contribution in [3.8, 4) is 0 Å². The molecule has 3 aromatic heterocycles. The third-order valence-electron chi connectivity index (χ3n) is 4.52. The Labute approximate surface area is 164 Å². The third kappa shape index (κ3) is 3.27. The zero-order chi connectivity index (χ0) is 19.8. The lowest BCUT2D eigenvalue weighted by atomic mass is 10.2. The summed E-state index contributed by atoms with van der Waals surface area (Å²) in [6.07, 6.45) is 3.33. The van der Waals surface area contributed by atoms with Crippen LogP contribution in [0.2, 0.25) is 0 Å². The maximum atomic E-state index is 13.1. The first-order valence-electron chi connectivity index (χ1n) is 8.92. The van der Waals surface area contributed by atoms with Gasteiger partial charge in [-0.1, -0.05) is 6.07 Å². The predicted molar refractivity (Wildman–Crippen MR) is 109 cm³/mol. The number of imidazole rings is 1. The van der Waals surface area contributed by atoms with E-state index in [0.29, 0.717) is 28.5 Å². The van der Waals surface area contributed by atoms with Gasteiger partial charge in [-0.05, 0) is 60.0 Å². The number of carbonyl (C=O) groups excluding carboxylic acids is 1. The SMILES string of the molecule is O=C(Nc1ccc2cc[nH]c2c1)c1cnc2ccc(Nc3ccc(F)cc3)nn12. The van der Waals surface area contributed by atoms with Crippen LogP contribution in [0.1, 0.15) is 10.5 Å². The Balaban J connectivity index is 1.42. The lowest BCUT2D eigenvalue weighted by Gasteiger charge is -2.08. The van der Waals surface area contributed by atoms with Gasteiger partial charge in [0.05, 0.1) is 6.20 Å². The van der Waals surface area contributed by atoms with Crippen LogP contribution in [0, 0.1) is 5.82 Å². The Morgan fingerprint density at radius 3 is 2.69 bits per heavy atom. The molecule has 0 aliphatic carbocycles. The van der Waals surface area contributed by atoms with Gasteiger partial charge in [0.2, 0.25) is 0 Å². The van der Waals surface area contributed by atoms with E-state index in [4.69, 9.17) is 0 Å². The molecule has 2 aromatic carbocycles. The number of hydrogen-bond acceptors (Lipinski definition) is 4. The fourth-order valence-electron chi connectivity index (χ4n) is 3.10. The fraction of sp³-hybridized carbons (Fsp3) is 0. The number of anilines is 3. The van der Waals surface area contributed by atoms with E-state index in [-0.39, 0.29) is 11.7 Å². The fourth-order valence-corrected chi connectivity index (χ4v) is 3.10. The molecular weight excluding hydrogens is 371 g/mol. The van der Waals surface area contributed by atoms with E-state index in [1.54, 1.807) is 24.3 Å². The highest BCUT2D eigenvalue weighted by molar-refractivity contribution is 6.04. The van der Waals surface area contributed by atoms with Crippen LogP contribution < -0.4 is 10.6 Å². The summed E-state index contributed by atoms with van der Waals surface area (Å²) in [6, 6.07) is 17.0. The van der Waals surface area contributed by atoms with Gasteiger partial charge >= 0.3 is 0 Å². The number of nitrogens with zero attached hydrogens (tertiary/aromatic N) is 3. The molecule has 3 N–H and O–H groups in total. The number of benzene rings is 2. The Bertz CT molecular complexity index is 1340. The summed E-state index contributed by atoms with van der Waals surface area (Å²) >= 11 is 0. The van der Waals surface area contributed by atoms with E-state index >= 15 is 0 Å². The number of H-pyrrole nitrogens is 1. The number of amides is 1. The maximum absolute atomic E-state index is 13.1. The Morgan fingerprint density at radius 1 is 1.00 bits per heavy atom. The quantitative estimate of drug-likeness (QED) is 0.429. The number of aromatic nitrogens is 4. The van der Waals surface area contributed by atoms with Crippen LogP contribution in [0.4, 0.5) is 21.6 Å². The van der Waals surface area contributed by atoms with Crippen molar-refractivity contribution in [1.82, 2.24) is 19.6 Å². The second-order valence-corrected chi connectivity index (χ2v) is 6.50. The van der Waals surface area contributed by atoms with Gasteiger partial charge in [-0.3, -0.25) is 4.79 Å². The topological polar surface area (TPSA) is 87.1 Å². The highest BCUT2D eigenvalue weighted by Crippen LogP contribution is 2.19. The molecule has 0 saturated heterocycles. The molecule has 142 valence electrons. The lowest BCUT2D eigenvalue weighted by Crippen LogP contribution is -2.15. The molecule has 0 fully saturated rings. The van der Waals surface area contributed by atoms with E-state index in [0.717, 1.165) is 10.9 Å². The summed E-state index contributed by atoms with van der Waals surface area (Å²) in [5.74, 6) is -0.135. The Hall–Kier alpha value is -4.20. The molecule has 0 aliphatic rings. The molecule has 0 bridgehead atoms. The van der Waals surface area contributed by atoms with E-state index in [1.165, 1.54) is 22.8 Å². The second-order valence-electron chi connectivity index (χ2n) is 6.50. The maximum Gasteiger partial charge on any atom is 0.276 e. The average Bonchev–Trinajstić information content (AvgIpc) is 3.36. The summed E-state index contributed by atoms with van der Waals surface area (Å²) < 4.78 is 14.5. The molecule has 29 heavy (non-hydrogen) atoms. The third-order valence-corrected chi connectivity index (χ3v) is 4.52. The minimum Gasteiger partial charge on any atom is -0.361 e. The van der Waals surface area contributed by atoms with Crippen LogP contribution in [-0.4, -0.2) is 25.5 Å². The standard InChI is InChI=1S/C21H15FN6O/c22-14-2-5-15(6-3-14)25-19-7-8-20-24-12-18(28(20)27-19)21(29)26-16-4-1-13-9-10-23-17(13)11-16/h1-12,23H,(H,25,27)(H,26,29). The van der Waals surface area contributed by atoms with Crippen LogP contribution in [0.5, 0.6) is 0 Å². The van der Waals surface area contributed by atoms with E-state index in [9.17, 15) is 9.18 Å². The molecule has 0 unspecified atom stereocenters. The van der Waals surface area contributed by atoms with Gasteiger partial charge in [0, 0.05) is 23.1 Å². The average molecular weight is 386 g/mol. The summed E-state index contributed by atoms with van der Waals surface area (Å²) in [5, 5.41) is 11.5. The first kappa shape index (κ1) is 16.9. The number of hydrogen-bond donors (Lipinski definition) is 3. The zero-order valence-corrected chi connectivity index (χ0v) is 15.1. The first-order valence-corrected chi connectivity index (χ1v) is 8.92. The van der Waals surface area contributed by atoms with E-state index in [2.05, 4.69) is 25.7 Å². The van der Waals surface area contributed by atoms with Gasteiger partial charge in [0.25, 0.3) is 5.91 Å². The van der Waals surface area contributed by atoms with Gasteiger partial charge in [-0.2, -0.15) is 0 Å². The van der Waals surface area contributed by atoms with Crippen molar-refractivity contribution < 1.29 is 9.18 Å². The highest BCUT2D eigenvalue weighted by Gasteiger charge is 2.14. The Kier molecular flexibility index (Phi) is 3.94. The minimum atomic E-state index is -0.324. The zero-order valence-electron chi connectivity index (χ0n) is 15.1. The van der Waals surface area contributed by atoms with Gasteiger partial charge < -0.3 is 15.6 Å². The minimum absolute atomic E-state index is 0.300. The summed E-state index contributed by atoms with van der Waals surface area (Å²) in [5.41, 5.74) is 3.13. The highest BCUT2D eigenvalue weighted by atomic mass is 19.1. The van der Waals surface area contributed by atoms with Crippen LogP contribution in [0.15, 0.2) is 73.1 Å². The molecule has 5 aromatic rings. The van der Waals surface area contributed by atoms with Crippen molar-refractivity contribution in [1.29, 1.82) is 0 Å². The van der Waals surface area contributed by atoms with Crippen molar-refractivity contribution in [2.75, 3.05) is 10.6 Å². The second kappa shape index (κ2) is 6.75. The van der Waals surface area contributed by atoms with Crippen molar-refractivity contribution in [3.05, 3.63) is 84.6 Å². The van der Waals surface area contributed by atoms with Gasteiger partial charge in [-0.25, -0.2) is 13.9 Å². The van der Waals surface area contributed by atoms with Gasteiger partial charge in [0.15, 0.2) is 17.2 Å². The number of rotatable bonds is 4. The lowest BCUT2D eigenvalue weighted by molar-refractivity contribution is 0.102. The normalized spacial score (nSPS) is 11.1. The molecular formula is C21H15FN6O. The monoisotopic (exact) mass is 386 g/mol. The summed E-state index contributed by atoms with van der Waals surface area (Å²) in [4.78, 5) is 20.1. The number of aromatic amines is 1. The van der Waals surface area contributed by atoms with Crippen molar-refractivity contribution in [2.24, 2.45) is 0 Å². The molecule has 0 radical (unpaired) electrons. The van der Waals surface area contributed by atoms with E-state index < -0.39 is 0 Å². The van der Waals surface area contributed by atoms with Crippen molar-refractivity contribution in [2.45, 2.75) is 0 Å². The molecule has 1 amide bonds. The van der Waals surface area contributed by atoms with Crippen molar-refractivity contribution >= 4 is 39.6 Å². The first-order chi connectivity index (χ1) is 14.2. The largest absolute Gasteiger partial charge is 0.361 e. The molecule has 3 heterocycles. The smallest absolute Gasteiger partial charge is 0.276 e. The molecule has 0 atom stereocenters. The predicted octanol–water partition coefficient (Wildman–Crippen LogP) is 4.35. The van der Waals surface area contributed by atoms with Gasteiger partial charge in [-0.15, -0.1) is 5.10 Å².